The Bertz CT molecular complexity index is 387. The molecule has 0 radical (unpaired) electrons. The monoisotopic (exact) mass is 267 g/mol. The van der Waals surface area contributed by atoms with E-state index in [1.54, 1.807) is 0 Å². The van der Waals surface area contributed by atoms with Gasteiger partial charge in [-0.15, -0.1) is 0 Å². The molecule has 2 atom stereocenters. The lowest BCUT2D eigenvalue weighted by molar-refractivity contribution is -0.275. The van der Waals surface area contributed by atoms with Gasteiger partial charge in [-0.3, -0.25) is 4.79 Å². The van der Waals surface area contributed by atoms with Gasteiger partial charge in [-0.25, -0.2) is 0 Å². The van der Waals surface area contributed by atoms with Crippen LogP contribution in [-0.4, -0.2) is 30.4 Å². The minimum absolute atomic E-state index is 0.0753. The smallest absolute Gasteiger partial charge is 0.220 e. The van der Waals surface area contributed by atoms with Gasteiger partial charge in [-0.2, -0.15) is 0 Å². The lowest BCUT2D eigenvalue weighted by Crippen LogP contribution is -2.65. The summed E-state index contributed by atoms with van der Waals surface area (Å²) in [6.45, 7) is 8.08. The second kappa shape index (κ2) is 4.19. The van der Waals surface area contributed by atoms with Crippen molar-refractivity contribution < 1.29 is 14.3 Å². The molecule has 0 aromatic carbocycles. The topological polar surface area (TPSA) is 47.6 Å². The van der Waals surface area contributed by atoms with Gasteiger partial charge in [0.2, 0.25) is 5.91 Å². The van der Waals surface area contributed by atoms with Crippen LogP contribution in [0, 0.1) is 11.3 Å². The first-order valence-corrected chi connectivity index (χ1v) is 7.49. The molecule has 0 aromatic heterocycles. The van der Waals surface area contributed by atoms with Gasteiger partial charge in [0.05, 0.1) is 13.2 Å². The number of hydrogen-bond donors (Lipinski definition) is 1. The summed E-state index contributed by atoms with van der Waals surface area (Å²) < 4.78 is 12.0. The molecule has 1 N–H and O–H groups in total. The van der Waals surface area contributed by atoms with Gasteiger partial charge < -0.3 is 14.8 Å². The second-order valence-corrected chi connectivity index (χ2v) is 7.08. The molecule has 0 aromatic rings. The number of fused-ring (bicyclic) bond motifs is 1. The fourth-order valence-corrected chi connectivity index (χ4v) is 4.63. The van der Waals surface area contributed by atoms with Gasteiger partial charge in [0.1, 0.15) is 0 Å². The standard InChI is InChI=1S/C15H25NO3/c1-13(2)11-5-4-6-12(17)16-14(11,3)7-8-15(13)18-9-10-19-15/h11H,4-10H2,1-3H3,(H,16,17)/t11-,14-/m0/s1. The Morgan fingerprint density at radius 1 is 1.16 bits per heavy atom. The molecular weight excluding hydrogens is 242 g/mol. The fourth-order valence-electron chi connectivity index (χ4n) is 4.63. The van der Waals surface area contributed by atoms with E-state index in [1.807, 2.05) is 0 Å². The van der Waals surface area contributed by atoms with Crippen LogP contribution in [0.3, 0.4) is 0 Å². The summed E-state index contributed by atoms with van der Waals surface area (Å²) in [6, 6.07) is 0. The van der Waals surface area contributed by atoms with Gasteiger partial charge >= 0.3 is 0 Å². The Balaban J connectivity index is 1.96. The van der Waals surface area contributed by atoms with Crippen molar-refractivity contribution >= 4 is 5.91 Å². The Morgan fingerprint density at radius 2 is 1.84 bits per heavy atom. The molecule has 0 bridgehead atoms. The van der Waals surface area contributed by atoms with E-state index >= 15 is 0 Å². The van der Waals surface area contributed by atoms with Gasteiger partial charge in [-0.05, 0) is 32.1 Å². The largest absolute Gasteiger partial charge is 0.351 e. The highest BCUT2D eigenvalue weighted by molar-refractivity contribution is 5.77. The van der Waals surface area contributed by atoms with E-state index in [4.69, 9.17) is 9.47 Å². The third kappa shape index (κ3) is 1.83. The molecule has 1 amide bonds. The molecule has 3 fully saturated rings. The summed E-state index contributed by atoms with van der Waals surface area (Å²) >= 11 is 0. The number of rotatable bonds is 0. The number of ether oxygens (including phenoxy) is 2. The highest BCUT2D eigenvalue weighted by atomic mass is 16.7. The molecule has 3 rings (SSSR count). The third-order valence-corrected chi connectivity index (χ3v) is 5.67. The summed E-state index contributed by atoms with van der Waals surface area (Å²) in [5.74, 6) is 0.162. The second-order valence-electron chi connectivity index (χ2n) is 7.08. The molecule has 1 saturated carbocycles. The average Bonchev–Trinajstić information content (AvgIpc) is 2.74. The lowest BCUT2D eigenvalue weighted by Gasteiger charge is -2.57. The van der Waals surface area contributed by atoms with Crippen LogP contribution in [0.2, 0.25) is 0 Å². The number of carbonyl (C=O) groups is 1. The normalized spacial score (nSPS) is 40.6. The predicted molar refractivity (Wildman–Crippen MR) is 71.5 cm³/mol. The molecule has 0 unspecified atom stereocenters. The van der Waals surface area contributed by atoms with Crippen LogP contribution in [0.15, 0.2) is 0 Å². The number of hydrogen-bond acceptors (Lipinski definition) is 3. The number of amides is 1. The maximum atomic E-state index is 11.9. The first-order chi connectivity index (χ1) is 8.90. The highest BCUT2D eigenvalue weighted by Crippen LogP contribution is 2.57. The molecule has 2 saturated heterocycles. The van der Waals surface area contributed by atoms with Crippen LogP contribution < -0.4 is 5.32 Å². The average molecular weight is 267 g/mol. The van der Waals surface area contributed by atoms with Crippen molar-refractivity contribution in [1.29, 1.82) is 0 Å². The highest BCUT2D eigenvalue weighted by Gasteiger charge is 2.62. The van der Waals surface area contributed by atoms with E-state index in [1.165, 1.54) is 0 Å². The summed E-state index contributed by atoms with van der Waals surface area (Å²) in [4.78, 5) is 11.9. The molecule has 1 spiro atoms. The van der Waals surface area contributed by atoms with E-state index < -0.39 is 5.79 Å². The van der Waals surface area contributed by atoms with Crippen molar-refractivity contribution in [2.45, 2.75) is 64.2 Å². The molecule has 108 valence electrons. The van der Waals surface area contributed by atoms with Crippen LogP contribution in [0.4, 0.5) is 0 Å². The number of carbonyl (C=O) groups excluding carboxylic acids is 1. The minimum Gasteiger partial charge on any atom is -0.351 e. The van der Waals surface area contributed by atoms with E-state index in [0.717, 1.165) is 25.7 Å². The Kier molecular flexibility index (Phi) is 2.95. The van der Waals surface area contributed by atoms with Gasteiger partial charge in [0.15, 0.2) is 5.79 Å². The molecule has 1 aliphatic carbocycles. The van der Waals surface area contributed by atoms with Crippen molar-refractivity contribution in [3.8, 4) is 0 Å². The van der Waals surface area contributed by atoms with E-state index in [9.17, 15) is 4.79 Å². The molecule has 4 heteroatoms. The Hall–Kier alpha value is -0.610. The van der Waals surface area contributed by atoms with Crippen LogP contribution >= 0.6 is 0 Å². The van der Waals surface area contributed by atoms with Crippen LogP contribution in [0.25, 0.3) is 0 Å². The third-order valence-electron chi connectivity index (χ3n) is 5.67. The van der Waals surface area contributed by atoms with Gasteiger partial charge in [-0.1, -0.05) is 13.8 Å². The summed E-state index contributed by atoms with van der Waals surface area (Å²) in [7, 11) is 0. The Morgan fingerprint density at radius 3 is 2.53 bits per heavy atom. The van der Waals surface area contributed by atoms with E-state index in [-0.39, 0.29) is 16.9 Å². The molecule has 2 heterocycles. The molecule has 19 heavy (non-hydrogen) atoms. The zero-order valence-electron chi connectivity index (χ0n) is 12.3. The first-order valence-electron chi connectivity index (χ1n) is 7.49. The Labute approximate surface area is 115 Å². The zero-order valence-corrected chi connectivity index (χ0v) is 12.3. The maximum absolute atomic E-state index is 11.9. The minimum atomic E-state index is -0.438. The summed E-state index contributed by atoms with van der Waals surface area (Å²) in [5, 5.41) is 3.27. The first kappa shape index (κ1) is 13.4. The fraction of sp³-hybridized carbons (Fsp3) is 0.933. The quantitative estimate of drug-likeness (QED) is 0.732. The molecule has 4 nitrogen and oxygen atoms in total. The summed E-state index contributed by atoms with van der Waals surface area (Å²) in [6.07, 6.45) is 4.49. The van der Waals surface area contributed by atoms with Crippen LogP contribution in [0.5, 0.6) is 0 Å². The lowest BCUT2D eigenvalue weighted by atomic mass is 9.56. The van der Waals surface area contributed by atoms with Gasteiger partial charge in [0, 0.05) is 23.8 Å². The molecule has 2 aliphatic heterocycles. The van der Waals surface area contributed by atoms with Gasteiger partial charge in [0.25, 0.3) is 0 Å². The van der Waals surface area contributed by atoms with E-state index in [2.05, 4.69) is 26.1 Å². The van der Waals surface area contributed by atoms with Crippen molar-refractivity contribution in [3.63, 3.8) is 0 Å². The van der Waals surface area contributed by atoms with Crippen molar-refractivity contribution in [3.05, 3.63) is 0 Å². The SMILES string of the molecule is CC1(C)[C@@H]2CCCC(=O)N[C@@]2(C)CCC12OCCO2. The maximum Gasteiger partial charge on any atom is 0.220 e. The van der Waals surface area contributed by atoms with Crippen molar-refractivity contribution in [1.82, 2.24) is 5.32 Å². The summed E-state index contributed by atoms with van der Waals surface area (Å²) in [5.41, 5.74) is -0.189. The van der Waals surface area contributed by atoms with Crippen LogP contribution in [0.1, 0.15) is 52.9 Å². The van der Waals surface area contributed by atoms with Crippen molar-refractivity contribution in [2.75, 3.05) is 13.2 Å². The zero-order chi connectivity index (χ0) is 13.7. The van der Waals surface area contributed by atoms with Crippen LogP contribution in [-0.2, 0) is 14.3 Å². The molecule has 3 aliphatic rings. The molecular formula is C15H25NO3. The predicted octanol–water partition coefficient (Wildman–Crippen LogP) is 2.22. The number of nitrogens with one attached hydrogen (secondary N) is 1. The van der Waals surface area contributed by atoms with E-state index in [0.29, 0.717) is 25.6 Å². The van der Waals surface area contributed by atoms with Crippen molar-refractivity contribution in [2.24, 2.45) is 11.3 Å².